The van der Waals surface area contributed by atoms with Crippen LogP contribution in [0.3, 0.4) is 0 Å². The number of rotatable bonds is 9. The van der Waals surface area contributed by atoms with Crippen LogP contribution in [0, 0.1) is 0 Å². The topological polar surface area (TPSA) is 32.3 Å². The van der Waals surface area contributed by atoms with Gasteiger partial charge >= 0.3 is 0 Å². The van der Waals surface area contributed by atoms with E-state index in [9.17, 15) is 4.79 Å². The van der Waals surface area contributed by atoms with Gasteiger partial charge in [0.2, 0.25) is 5.91 Å². The van der Waals surface area contributed by atoms with Crippen molar-refractivity contribution in [2.45, 2.75) is 32.9 Å². The lowest BCUT2D eigenvalue weighted by atomic mass is 10.2. The number of unbranched alkanes of at least 4 members (excludes halogenated alkanes) is 1. The van der Waals surface area contributed by atoms with Gasteiger partial charge < -0.3 is 10.2 Å². The molecule has 0 spiro atoms. The van der Waals surface area contributed by atoms with Gasteiger partial charge in [0, 0.05) is 11.4 Å². The summed E-state index contributed by atoms with van der Waals surface area (Å²) in [6.45, 7) is 4.81. The number of thiophene rings is 1. The molecule has 3 nitrogen and oxygen atoms in total. The van der Waals surface area contributed by atoms with Crippen LogP contribution in [0.4, 0.5) is 0 Å². The van der Waals surface area contributed by atoms with Crippen molar-refractivity contribution >= 4 is 17.2 Å². The van der Waals surface area contributed by atoms with Gasteiger partial charge in [-0.1, -0.05) is 49.7 Å². The lowest BCUT2D eigenvalue weighted by molar-refractivity contribution is -0.131. The molecule has 0 atom stereocenters. The van der Waals surface area contributed by atoms with Crippen LogP contribution in [0.5, 0.6) is 0 Å². The molecule has 0 aliphatic carbocycles. The molecule has 0 saturated carbocycles. The summed E-state index contributed by atoms with van der Waals surface area (Å²) in [7, 11) is 0. The van der Waals surface area contributed by atoms with E-state index in [1.807, 2.05) is 29.2 Å². The van der Waals surface area contributed by atoms with Crippen molar-refractivity contribution < 1.29 is 4.79 Å². The van der Waals surface area contributed by atoms with E-state index in [2.05, 4.69) is 35.8 Å². The average Bonchev–Trinajstić information content (AvgIpc) is 3.05. The summed E-state index contributed by atoms with van der Waals surface area (Å²) >= 11 is 1.70. The van der Waals surface area contributed by atoms with Crippen LogP contribution in [0.25, 0.3) is 0 Å². The molecule has 1 aromatic carbocycles. The fourth-order valence-corrected chi connectivity index (χ4v) is 2.96. The fourth-order valence-electron chi connectivity index (χ4n) is 2.24. The number of nitrogens with one attached hydrogen (secondary N) is 1. The molecule has 0 aliphatic heterocycles. The average molecular weight is 316 g/mol. The lowest BCUT2D eigenvalue weighted by Gasteiger charge is -2.22. The van der Waals surface area contributed by atoms with Gasteiger partial charge in [-0.25, -0.2) is 0 Å². The van der Waals surface area contributed by atoms with E-state index < -0.39 is 0 Å². The minimum Gasteiger partial charge on any atom is -0.332 e. The van der Waals surface area contributed by atoms with E-state index in [-0.39, 0.29) is 5.91 Å². The molecule has 1 heterocycles. The van der Waals surface area contributed by atoms with Gasteiger partial charge in [0.1, 0.15) is 0 Å². The highest BCUT2D eigenvalue weighted by Crippen LogP contribution is 2.14. The third-order valence-electron chi connectivity index (χ3n) is 3.48. The summed E-state index contributed by atoms with van der Waals surface area (Å²) < 4.78 is 0. The quantitative estimate of drug-likeness (QED) is 0.716. The number of nitrogens with zero attached hydrogens (tertiary/aromatic N) is 1. The summed E-state index contributed by atoms with van der Waals surface area (Å²) in [5.74, 6) is 0.161. The van der Waals surface area contributed by atoms with E-state index in [0.717, 1.165) is 19.4 Å². The van der Waals surface area contributed by atoms with Gasteiger partial charge in [0.25, 0.3) is 0 Å². The van der Waals surface area contributed by atoms with Crippen molar-refractivity contribution in [3.63, 3.8) is 0 Å². The SMILES string of the molecule is CCCCNCC(=O)N(Cc1ccccc1)Cc1cccs1. The van der Waals surface area contributed by atoms with Crippen LogP contribution >= 0.6 is 11.3 Å². The first-order valence-corrected chi connectivity index (χ1v) is 8.72. The van der Waals surface area contributed by atoms with Crippen molar-refractivity contribution in [3.8, 4) is 0 Å². The summed E-state index contributed by atoms with van der Waals surface area (Å²) in [5.41, 5.74) is 1.17. The molecule has 0 aliphatic rings. The zero-order valence-electron chi connectivity index (χ0n) is 13.1. The maximum absolute atomic E-state index is 12.5. The predicted octanol–water partition coefficient (Wildman–Crippen LogP) is 3.67. The molecule has 118 valence electrons. The Bertz CT molecular complexity index is 539. The summed E-state index contributed by atoms with van der Waals surface area (Å²) in [6.07, 6.45) is 2.25. The molecule has 0 radical (unpaired) electrons. The van der Waals surface area contributed by atoms with Crippen LogP contribution in [-0.4, -0.2) is 23.9 Å². The second-order valence-corrected chi connectivity index (χ2v) is 6.38. The van der Waals surface area contributed by atoms with Crippen LogP contribution in [0.15, 0.2) is 47.8 Å². The van der Waals surface area contributed by atoms with Gasteiger partial charge in [0.15, 0.2) is 0 Å². The monoisotopic (exact) mass is 316 g/mol. The Labute approximate surface area is 137 Å². The summed E-state index contributed by atoms with van der Waals surface area (Å²) in [6, 6.07) is 14.3. The Morgan fingerprint density at radius 1 is 1.14 bits per heavy atom. The molecule has 22 heavy (non-hydrogen) atoms. The molecule has 1 aromatic heterocycles. The molecule has 0 bridgehead atoms. The maximum atomic E-state index is 12.5. The van der Waals surface area contributed by atoms with E-state index in [1.165, 1.54) is 10.4 Å². The molecule has 0 saturated heterocycles. The van der Waals surface area contributed by atoms with Crippen molar-refractivity contribution in [2.75, 3.05) is 13.1 Å². The first kappa shape index (κ1) is 16.7. The molecule has 0 unspecified atom stereocenters. The molecule has 0 fully saturated rings. The molecule has 2 rings (SSSR count). The maximum Gasteiger partial charge on any atom is 0.237 e. The minimum absolute atomic E-state index is 0.161. The van der Waals surface area contributed by atoms with E-state index in [4.69, 9.17) is 0 Å². The van der Waals surface area contributed by atoms with Crippen molar-refractivity contribution in [1.29, 1.82) is 0 Å². The number of amides is 1. The number of benzene rings is 1. The minimum atomic E-state index is 0.161. The molecule has 4 heteroatoms. The van der Waals surface area contributed by atoms with Crippen LogP contribution in [-0.2, 0) is 17.9 Å². The summed E-state index contributed by atoms with van der Waals surface area (Å²) in [4.78, 5) is 15.7. The van der Waals surface area contributed by atoms with Crippen molar-refractivity contribution in [3.05, 3.63) is 58.3 Å². The third-order valence-corrected chi connectivity index (χ3v) is 4.34. The number of carbonyl (C=O) groups is 1. The van der Waals surface area contributed by atoms with Crippen LogP contribution < -0.4 is 5.32 Å². The van der Waals surface area contributed by atoms with Crippen molar-refractivity contribution in [1.82, 2.24) is 10.2 Å². The normalized spacial score (nSPS) is 10.6. The first-order valence-electron chi connectivity index (χ1n) is 7.84. The highest BCUT2D eigenvalue weighted by molar-refractivity contribution is 7.09. The highest BCUT2D eigenvalue weighted by atomic mass is 32.1. The Kier molecular flexibility index (Phi) is 7.13. The Morgan fingerprint density at radius 3 is 2.64 bits per heavy atom. The number of hydrogen-bond acceptors (Lipinski definition) is 3. The predicted molar refractivity (Wildman–Crippen MR) is 92.8 cm³/mol. The Balaban J connectivity index is 1.96. The van der Waals surface area contributed by atoms with Crippen LogP contribution in [0.1, 0.15) is 30.2 Å². The van der Waals surface area contributed by atoms with E-state index in [0.29, 0.717) is 19.6 Å². The molecular weight excluding hydrogens is 292 g/mol. The molecular formula is C18H24N2OS. The third kappa shape index (κ3) is 5.62. The fraction of sp³-hybridized carbons (Fsp3) is 0.389. The Morgan fingerprint density at radius 2 is 1.95 bits per heavy atom. The van der Waals surface area contributed by atoms with Gasteiger partial charge in [-0.2, -0.15) is 0 Å². The second-order valence-electron chi connectivity index (χ2n) is 5.35. The second kappa shape index (κ2) is 9.38. The zero-order chi connectivity index (χ0) is 15.6. The van der Waals surface area contributed by atoms with Gasteiger partial charge in [0.05, 0.1) is 13.1 Å². The van der Waals surface area contributed by atoms with E-state index >= 15 is 0 Å². The number of carbonyl (C=O) groups excluding carboxylic acids is 1. The smallest absolute Gasteiger partial charge is 0.237 e. The Hall–Kier alpha value is -1.65. The van der Waals surface area contributed by atoms with Crippen molar-refractivity contribution in [2.24, 2.45) is 0 Å². The standard InChI is InChI=1S/C18H24N2OS/c1-2-3-11-19-13-18(21)20(15-17-10-7-12-22-17)14-16-8-5-4-6-9-16/h4-10,12,19H,2-3,11,13-15H2,1H3. The van der Waals surface area contributed by atoms with Crippen LogP contribution in [0.2, 0.25) is 0 Å². The molecule has 1 amide bonds. The van der Waals surface area contributed by atoms with Gasteiger partial charge in [-0.15, -0.1) is 11.3 Å². The molecule has 1 N–H and O–H groups in total. The zero-order valence-corrected chi connectivity index (χ0v) is 13.9. The van der Waals surface area contributed by atoms with Gasteiger partial charge in [-0.3, -0.25) is 4.79 Å². The first-order chi connectivity index (χ1) is 10.8. The highest BCUT2D eigenvalue weighted by Gasteiger charge is 2.14. The number of hydrogen-bond donors (Lipinski definition) is 1. The van der Waals surface area contributed by atoms with Gasteiger partial charge in [-0.05, 0) is 30.0 Å². The lowest BCUT2D eigenvalue weighted by Crippen LogP contribution is -2.37. The molecule has 2 aromatic rings. The summed E-state index contributed by atoms with van der Waals surface area (Å²) in [5, 5.41) is 5.30. The largest absolute Gasteiger partial charge is 0.332 e. The van der Waals surface area contributed by atoms with E-state index in [1.54, 1.807) is 11.3 Å².